The number of rotatable bonds is 4. The van der Waals surface area contributed by atoms with Crippen molar-refractivity contribution in [2.75, 3.05) is 6.54 Å². The van der Waals surface area contributed by atoms with Crippen molar-refractivity contribution in [2.24, 2.45) is 5.41 Å². The summed E-state index contributed by atoms with van der Waals surface area (Å²) < 4.78 is 1.01. The van der Waals surface area contributed by atoms with Gasteiger partial charge in [-0.15, -0.1) is 0 Å². The molecule has 1 atom stereocenters. The molecule has 1 saturated carbocycles. The Kier molecular flexibility index (Phi) is 4.26. The van der Waals surface area contributed by atoms with Crippen molar-refractivity contribution < 1.29 is 9.90 Å². The quantitative estimate of drug-likeness (QED) is 0.885. The number of carbonyl (C=O) groups excluding carboxylic acids is 1. The first-order valence-corrected chi connectivity index (χ1v) is 7.77. The fourth-order valence-electron chi connectivity index (χ4n) is 2.21. The molecule has 4 heteroatoms. The Morgan fingerprint density at radius 1 is 1.35 bits per heavy atom. The lowest BCUT2D eigenvalue weighted by Gasteiger charge is -2.27. The van der Waals surface area contributed by atoms with Crippen molar-refractivity contribution in [3.63, 3.8) is 0 Å². The molecule has 20 heavy (non-hydrogen) atoms. The number of benzene rings is 1. The maximum Gasteiger partial charge on any atom is 0.230 e. The number of aliphatic hydroxyl groups is 1. The zero-order valence-corrected chi connectivity index (χ0v) is 13.8. The van der Waals surface area contributed by atoms with Crippen molar-refractivity contribution in [1.82, 2.24) is 5.32 Å². The number of aliphatic hydroxyl groups excluding tert-OH is 1. The van der Waals surface area contributed by atoms with Crippen LogP contribution in [0.3, 0.4) is 0 Å². The first kappa shape index (κ1) is 15.5. The molecule has 1 fully saturated rings. The van der Waals surface area contributed by atoms with Gasteiger partial charge in [-0.3, -0.25) is 4.79 Å². The van der Waals surface area contributed by atoms with Crippen LogP contribution in [0.5, 0.6) is 0 Å². The molecule has 2 rings (SSSR count). The van der Waals surface area contributed by atoms with E-state index in [9.17, 15) is 9.90 Å². The van der Waals surface area contributed by atoms with Gasteiger partial charge in [0.25, 0.3) is 0 Å². The first-order valence-electron chi connectivity index (χ1n) is 6.98. The lowest BCUT2D eigenvalue weighted by atomic mass is 9.88. The highest BCUT2D eigenvalue weighted by molar-refractivity contribution is 9.10. The highest BCUT2D eigenvalue weighted by Crippen LogP contribution is 2.48. The standard InChI is InChI=1S/C16H22BrNO2/c1-15(2,3)13(19)10-18-14(20)16(8-9-16)11-4-6-12(17)7-5-11/h4-7,13,19H,8-10H2,1-3H3,(H,18,20). The molecule has 0 radical (unpaired) electrons. The van der Waals surface area contributed by atoms with Gasteiger partial charge in [0.2, 0.25) is 5.91 Å². The zero-order chi connectivity index (χ0) is 15.0. The Hall–Kier alpha value is -0.870. The van der Waals surface area contributed by atoms with E-state index in [-0.39, 0.29) is 16.7 Å². The molecule has 1 aromatic carbocycles. The maximum absolute atomic E-state index is 12.4. The number of nitrogens with one attached hydrogen (secondary N) is 1. The van der Waals surface area contributed by atoms with E-state index in [1.165, 1.54) is 0 Å². The van der Waals surface area contributed by atoms with E-state index in [1.54, 1.807) is 0 Å². The van der Waals surface area contributed by atoms with Gasteiger partial charge in [0.05, 0.1) is 11.5 Å². The normalized spacial score (nSPS) is 18.4. The molecular weight excluding hydrogens is 318 g/mol. The average molecular weight is 340 g/mol. The van der Waals surface area contributed by atoms with Gasteiger partial charge >= 0.3 is 0 Å². The Bertz CT molecular complexity index is 486. The van der Waals surface area contributed by atoms with Gasteiger partial charge in [-0.2, -0.15) is 0 Å². The molecule has 1 amide bonds. The SMILES string of the molecule is CC(C)(C)C(O)CNC(=O)C1(c2ccc(Br)cc2)CC1. The fraction of sp³-hybridized carbons (Fsp3) is 0.562. The summed E-state index contributed by atoms with van der Waals surface area (Å²) in [6.07, 6.45) is 1.23. The van der Waals surface area contributed by atoms with E-state index in [2.05, 4.69) is 21.2 Å². The third-order valence-corrected chi connectivity index (χ3v) is 4.57. The molecule has 0 spiro atoms. The summed E-state index contributed by atoms with van der Waals surface area (Å²) in [5.74, 6) is 0.0307. The molecular formula is C16H22BrNO2. The van der Waals surface area contributed by atoms with Crippen LogP contribution >= 0.6 is 15.9 Å². The molecule has 110 valence electrons. The van der Waals surface area contributed by atoms with Gasteiger partial charge in [0.15, 0.2) is 0 Å². The van der Waals surface area contributed by atoms with Crippen LogP contribution in [0, 0.1) is 5.41 Å². The van der Waals surface area contributed by atoms with Crippen LogP contribution < -0.4 is 5.32 Å². The monoisotopic (exact) mass is 339 g/mol. The largest absolute Gasteiger partial charge is 0.391 e. The molecule has 0 saturated heterocycles. The van der Waals surface area contributed by atoms with Crippen LogP contribution in [0.25, 0.3) is 0 Å². The molecule has 3 nitrogen and oxygen atoms in total. The Labute approximate surface area is 128 Å². The number of halogens is 1. The van der Waals surface area contributed by atoms with Gasteiger partial charge in [-0.1, -0.05) is 48.8 Å². The molecule has 0 aliphatic heterocycles. The summed E-state index contributed by atoms with van der Waals surface area (Å²) in [6, 6.07) is 7.92. The zero-order valence-electron chi connectivity index (χ0n) is 12.2. The summed E-state index contributed by atoms with van der Waals surface area (Å²) in [5.41, 5.74) is 0.461. The number of carbonyl (C=O) groups is 1. The van der Waals surface area contributed by atoms with Crippen LogP contribution in [0.4, 0.5) is 0 Å². The van der Waals surface area contributed by atoms with Crippen molar-refractivity contribution in [1.29, 1.82) is 0 Å². The second-order valence-corrected chi connectivity index (χ2v) is 7.60. The van der Waals surface area contributed by atoms with Crippen LogP contribution in [0.1, 0.15) is 39.2 Å². The van der Waals surface area contributed by atoms with Crippen LogP contribution in [-0.2, 0) is 10.2 Å². The van der Waals surface area contributed by atoms with Crippen molar-refractivity contribution in [3.8, 4) is 0 Å². The average Bonchev–Trinajstić information content (AvgIpc) is 3.16. The number of hydrogen-bond acceptors (Lipinski definition) is 2. The lowest BCUT2D eigenvalue weighted by molar-refractivity contribution is -0.124. The van der Waals surface area contributed by atoms with E-state index < -0.39 is 6.10 Å². The van der Waals surface area contributed by atoms with Crippen LogP contribution in [-0.4, -0.2) is 23.7 Å². The van der Waals surface area contributed by atoms with E-state index in [1.807, 2.05) is 45.0 Å². The smallest absolute Gasteiger partial charge is 0.230 e. The molecule has 0 heterocycles. The van der Waals surface area contributed by atoms with E-state index in [4.69, 9.17) is 0 Å². The first-order chi connectivity index (χ1) is 9.25. The summed E-state index contributed by atoms with van der Waals surface area (Å²) in [6.45, 7) is 6.20. The maximum atomic E-state index is 12.4. The van der Waals surface area contributed by atoms with Crippen molar-refractivity contribution in [2.45, 2.75) is 45.1 Å². The van der Waals surface area contributed by atoms with Gasteiger partial charge < -0.3 is 10.4 Å². The Morgan fingerprint density at radius 2 is 1.90 bits per heavy atom. The second-order valence-electron chi connectivity index (χ2n) is 6.68. The lowest BCUT2D eigenvalue weighted by Crippen LogP contribution is -2.43. The minimum atomic E-state index is -0.535. The minimum absolute atomic E-state index is 0.0307. The fourth-order valence-corrected chi connectivity index (χ4v) is 2.47. The summed E-state index contributed by atoms with van der Waals surface area (Å²) in [4.78, 5) is 12.4. The molecule has 1 aromatic rings. The van der Waals surface area contributed by atoms with Gasteiger partial charge in [0.1, 0.15) is 0 Å². The Morgan fingerprint density at radius 3 is 2.35 bits per heavy atom. The summed E-state index contributed by atoms with van der Waals surface area (Å²) in [5, 5.41) is 12.9. The van der Waals surface area contributed by atoms with E-state index >= 15 is 0 Å². The van der Waals surface area contributed by atoms with Crippen LogP contribution in [0.2, 0.25) is 0 Å². The van der Waals surface area contributed by atoms with Crippen molar-refractivity contribution in [3.05, 3.63) is 34.3 Å². The third kappa shape index (κ3) is 3.23. The number of hydrogen-bond donors (Lipinski definition) is 2. The van der Waals surface area contributed by atoms with E-state index in [0.717, 1.165) is 22.9 Å². The second kappa shape index (κ2) is 5.49. The summed E-state index contributed by atoms with van der Waals surface area (Å²) in [7, 11) is 0. The van der Waals surface area contributed by atoms with Crippen LogP contribution in [0.15, 0.2) is 28.7 Å². The van der Waals surface area contributed by atoms with Gasteiger partial charge in [0, 0.05) is 11.0 Å². The molecule has 2 N–H and O–H groups in total. The predicted octanol–water partition coefficient (Wildman–Crippen LogP) is 3.00. The molecule has 0 aromatic heterocycles. The van der Waals surface area contributed by atoms with Gasteiger partial charge in [-0.05, 0) is 36.0 Å². The summed E-state index contributed by atoms with van der Waals surface area (Å²) >= 11 is 3.41. The molecule has 1 aliphatic rings. The third-order valence-electron chi connectivity index (χ3n) is 4.04. The highest BCUT2D eigenvalue weighted by Gasteiger charge is 2.51. The predicted molar refractivity (Wildman–Crippen MR) is 83.5 cm³/mol. The Balaban J connectivity index is 2.01. The molecule has 0 bridgehead atoms. The minimum Gasteiger partial charge on any atom is -0.391 e. The molecule has 1 aliphatic carbocycles. The van der Waals surface area contributed by atoms with Gasteiger partial charge in [-0.25, -0.2) is 0 Å². The topological polar surface area (TPSA) is 49.3 Å². The molecule has 1 unspecified atom stereocenters. The highest BCUT2D eigenvalue weighted by atomic mass is 79.9. The van der Waals surface area contributed by atoms with E-state index in [0.29, 0.717) is 6.54 Å². The van der Waals surface area contributed by atoms with Crippen molar-refractivity contribution >= 4 is 21.8 Å². The number of amides is 1.